The average Bonchev–Trinajstić information content (AvgIpc) is 2.26. The van der Waals surface area contributed by atoms with Crippen molar-refractivity contribution in [3.8, 4) is 0 Å². The second-order valence-electron chi connectivity index (χ2n) is 3.02. The molecule has 1 N–H and O–H groups in total. The van der Waals surface area contributed by atoms with E-state index in [1.165, 1.54) is 7.11 Å². The predicted molar refractivity (Wildman–Crippen MR) is 66.0 cm³/mol. The second kappa shape index (κ2) is 6.78. The number of carbonyl (C=O) groups is 1. The van der Waals surface area contributed by atoms with Crippen molar-refractivity contribution in [1.82, 2.24) is 4.72 Å². The number of halogens is 1. The molecule has 0 saturated carbocycles. The Labute approximate surface area is 105 Å². The van der Waals surface area contributed by atoms with Gasteiger partial charge in [-0.3, -0.25) is 4.79 Å². The van der Waals surface area contributed by atoms with Gasteiger partial charge in [0.1, 0.15) is 16.7 Å². The maximum absolute atomic E-state index is 11.4. The summed E-state index contributed by atoms with van der Waals surface area (Å²) in [5.74, 6) is -0.620. The molecule has 0 radical (unpaired) electrons. The zero-order chi connectivity index (χ0) is 12.0. The molecule has 0 saturated heterocycles. The third-order valence-corrected chi connectivity index (χ3v) is 3.26. The molecule has 0 aliphatic heterocycles. The second-order valence-corrected chi connectivity index (χ2v) is 5.20. The fourth-order valence-electron chi connectivity index (χ4n) is 1.03. The third kappa shape index (κ3) is 4.87. The number of esters is 1. The number of methoxy groups -OCH3 is 1. The normalized spacial score (nSPS) is 12.1. The van der Waals surface area contributed by atoms with E-state index in [1.807, 2.05) is 24.3 Å². The monoisotopic (exact) mass is 305 g/mol. The van der Waals surface area contributed by atoms with Crippen molar-refractivity contribution in [3.63, 3.8) is 0 Å². The van der Waals surface area contributed by atoms with E-state index in [9.17, 15) is 9.00 Å². The van der Waals surface area contributed by atoms with Crippen molar-refractivity contribution >= 4 is 32.9 Å². The van der Waals surface area contributed by atoms with Gasteiger partial charge in [0.25, 0.3) is 0 Å². The van der Waals surface area contributed by atoms with Crippen LogP contribution in [0.15, 0.2) is 28.7 Å². The van der Waals surface area contributed by atoms with E-state index in [2.05, 4.69) is 25.4 Å². The molecule has 6 heteroatoms. The number of hydrogen-bond acceptors (Lipinski definition) is 3. The molecule has 1 unspecified atom stereocenters. The van der Waals surface area contributed by atoms with E-state index in [1.54, 1.807) is 0 Å². The topological polar surface area (TPSA) is 55.4 Å². The first-order chi connectivity index (χ1) is 7.61. The van der Waals surface area contributed by atoms with Crippen molar-refractivity contribution in [2.45, 2.75) is 6.54 Å². The SMILES string of the molecule is COC(=O)CS(=O)NCc1cccc(Br)c1. The van der Waals surface area contributed by atoms with Crippen molar-refractivity contribution in [2.75, 3.05) is 12.9 Å². The van der Waals surface area contributed by atoms with Crippen LogP contribution >= 0.6 is 15.9 Å². The van der Waals surface area contributed by atoms with E-state index in [0.717, 1.165) is 10.0 Å². The van der Waals surface area contributed by atoms with Gasteiger partial charge in [-0.15, -0.1) is 0 Å². The minimum atomic E-state index is -1.40. The highest BCUT2D eigenvalue weighted by atomic mass is 79.9. The van der Waals surface area contributed by atoms with E-state index < -0.39 is 17.0 Å². The number of benzene rings is 1. The highest BCUT2D eigenvalue weighted by Gasteiger charge is 2.07. The molecule has 0 amide bonds. The van der Waals surface area contributed by atoms with Crippen LogP contribution in [0.2, 0.25) is 0 Å². The molecule has 0 aliphatic rings. The van der Waals surface area contributed by atoms with Gasteiger partial charge in [-0.1, -0.05) is 28.1 Å². The summed E-state index contributed by atoms with van der Waals surface area (Å²) in [6.45, 7) is 0.447. The van der Waals surface area contributed by atoms with E-state index in [4.69, 9.17) is 0 Å². The van der Waals surface area contributed by atoms with Gasteiger partial charge in [-0.25, -0.2) is 8.93 Å². The van der Waals surface area contributed by atoms with Crippen LogP contribution in [0.3, 0.4) is 0 Å². The van der Waals surface area contributed by atoms with Gasteiger partial charge in [-0.2, -0.15) is 0 Å². The Morgan fingerprint density at radius 3 is 2.94 bits per heavy atom. The molecule has 0 aromatic heterocycles. The molecular formula is C10H12BrNO3S. The largest absolute Gasteiger partial charge is 0.468 e. The van der Waals surface area contributed by atoms with Crippen molar-refractivity contribution in [1.29, 1.82) is 0 Å². The fourth-order valence-corrected chi connectivity index (χ4v) is 2.24. The maximum atomic E-state index is 11.4. The number of nitrogens with one attached hydrogen (secondary N) is 1. The van der Waals surface area contributed by atoms with E-state index in [-0.39, 0.29) is 5.75 Å². The summed E-state index contributed by atoms with van der Waals surface area (Å²) in [7, 11) is -0.125. The van der Waals surface area contributed by atoms with Gasteiger partial charge >= 0.3 is 5.97 Å². The molecule has 0 heterocycles. The van der Waals surface area contributed by atoms with Gasteiger partial charge in [0.05, 0.1) is 7.11 Å². The molecule has 1 aromatic carbocycles. The Bertz CT molecular complexity index is 397. The van der Waals surface area contributed by atoms with Crippen LogP contribution in [-0.4, -0.2) is 23.0 Å². The fraction of sp³-hybridized carbons (Fsp3) is 0.300. The summed E-state index contributed by atoms with van der Waals surface area (Å²) in [4.78, 5) is 10.8. The number of carbonyl (C=O) groups excluding carboxylic acids is 1. The molecule has 0 fully saturated rings. The Morgan fingerprint density at radius 2 is 2.31 bits per heavy atom. The predicted octanol–water partition coefficient (Wildman–Crippen LogP) is 1.38. The standard InChI is InChI=1S/C10H12BrNO3S/c1-15-10(13)7-16(14)12-6-8-3-2-4-9(11)5-8/h2-5,12H,6-7H2,1H3. The molecule has 1 atom stereocenters. The van der Waals surface area contributed by atoms with Crippen LogP contribution in [0.25, 0.3) is 0 Å². The van der Waals surface area contributed by atoms with Crippen LogP contribution in [0.1, 0.15) is 5.56 Å². The van der Waals surface area contributed by atoms with Crippen molar-refractivity contribution in [3.05, 3.63) is 34.3 Å². The van der Waals surface area contributed by atoms with Gasteiger partial charge < -0.3 is 4.74 Å². The lowest BCUT2D eigenvalue weighted by Crippen LogP contribution is -2.24. The van der Waals surface area contributed by atoms with Crippen LogP contribution in [-0.2, 0) is 27.1 Å². The first kappa shape index (κ1) is 13.3. The number of rotatable bonds is 5. The summed E-state index contributed by atoms with van der Waals surface area (Å²) in [5.41, 5.74) is 0.993. The molecule has 0 bridgehead atoms. The summed E-state index contributed by atoms with van der Waals surface area (Å²) in [6.07, 6.45) is 0. The van der Waals surface area contributed by atoms with Crippen molar-refractivity contribution < 1.29 is 13.7 Å². The minimum absolute atomic E-state index is 0.134. The zero-order valence-corrected chi connectivity index (χ0v) is 11.1. The molecule has 0 spiro atoms. The van der Waals surface area contributed by atoms with E-state index >= 15 is 0 Å². The van der Waals surface area contributed by atoms with Gasteiger partial charge in [-0.05, 0) is 17.7 Å². The van der Waals surface area contributed by atoms with Crippen LogP contribution < -0.4 is 4.72 Å². The van der Waals surface area contributed by atoms with Crippen molar-refractivity contribution in [2.24, 2.45) is 0 Å². The Hall–Kier alpha value is -0.720. The summed E-state index contributed by atoms with van der Waals surface area (Å²) < 4.78 is 19.5. The Balaban J connectivity index is 2.40. The summed E-state index contributed by atoms with van der Waals surface area (Å²) >= 11 is 3.34. The van der Waals surface area contributed by atoms with Gasteiger partial charge in [0, 0.05) is 11.0 Å². The molecule has 0 aliphatic carbocycles. The number of ether oxygens (including phenoxy) is 1. The Morgan fingerprint density at radius 1 is 1.56 bits per heavy atom. The molecule has 4 nitrogen and oxygen atoms in total. The average molecular weight is 306 g/mol. The molecular weight excluding hydrogens is 294 g/mol. The van der Waals surface area contributed by atoms with E-state index in [0.29, 0.717) is 6.54 Å². The molecule has 1 aromatic rings. The van der Waals surface area contributed by atoms with Crippen LogP contribution in [0.5, 0.6) is 0 Å². The van der Waals surface area contributed by atoms with Gasteiger partial charge in [0.15, 0.2) is 0 Å². The zero-order valence-electron chi connectivity index (χ0n) is 8.73. The first-order valence-corrected chi connectivity index (χ1v) is 6.66. The highest BCUT2D eigenvalue weighted by Crippen LogP contribution is 2.11. The lowest BCUT2D eigenvalue weighted by atomic mass is 10.2. The Kier molecular flexibility index (Phi) is 5.65. The van der Waals surface area contributed by atoms with Gasteiger partial charge in [0.2, 0.25) is 0 Å². The molecule has 16 heavy (non-hydrogen) atoms. The lowest BCUT2D eigenvalue weighted by Gasteiger charge is -2.04. The minimum Gasteiger partial charge on any atom is -0.468 e. The van der Waals surface area contributed by atoms with Crippen LogP contribution in [0, 0.1) is 0 Å². The highest BCUT2D eigenvalue weighted by molar-refractivity contribution is 9.10. The summed E-state index contributed by atoms with van der Waals surface area (Å²) in [6, 6.07) is 7.63. The maximum Gasteiger partial charge on any atom is 0.319 e. The van der Waals surface area contributed by atoms with Crippen LogP contribution in [0.4, 0.5) is 0 Å². The third-order valence-electron chi connectivity index (χ3n) is 1.80. The lowest BCUT2D eigenvalue weighted by molar-refractivity contribution is -0.137. The quantitative estimate of drug-likeness (QED) is 0.836. The summed E-state index contributed by atoms with van der Waals surface area (Å²) in [5, 5.41) is 0. The molecule has 88 valence electrons. The smallest absolute Gasteiger partial charge is 0.319 e. The molecule has 1 rings (SSSR count). The first-order valence-electron chi connectivity index (χ1n) is 4.55. The number of hydrogen-bond donors (Lipinski definition) is 1.